The highest BCUT2D eigenvalue weighted by Gasteiger charge is 2.20. The number of ether oxygens (including phenoxy) is 3. The Bertz CT molecular complexity index is 634. The van der Waals surface area contributed by atoms with Gasteiger partial charge in [-0.15, -0.1) is 0 Å². The van der Waals surface area contributed by atoms with Crippen molar-refractivity contribution < 1.29 is 32.6 Å². The molecule has 1 aromatic carbocycles. The first-order valence-corrected chi connectivity index (χ1v) is 6.64. The molecule has 2 rings (SSSR count). The van der Waals surface area contributed by atoms with Crippen LogP contribution in [0.2, 0.25) is 0 Å². The van der Waals surface area contributed by atoms with E-state index in [1.54, 1.807) is 0 Å². The molecule has 0 aromatic heterocycles. The Balaban J connectivity index is 1.97. The Morgan fingerprint density at radius 3 is 2.74 bits per heavy atom. The standard InChI is InChI=1S/C14H14F2N2O5/c1-21-11-6-8(2-4-10(11)23-14(15)16)7-22-13(20)9-3-5-12(19)18-17-9/h2,4,6,14H,3,5,7H2,1H3,(H,18,19). The number of alkyl halides is 2. The van der Waals surface area contributed by atoms with Gasteiger partial charge in [-0.1, -0.05) is 6.07 Å². The van der Waals surface area contributed by atoms with Crippen LogP contribution in [0.15, 0.2) is 23.3 Å². The summed E-state index contributed by atoms with van der Waals surface area (Å²) >= 11 is 0. The lowest BCUT2D eigenvalue weighted by Gasteiger charge is -2.13. The fourth-order valence-electron chi connectivity index (χ4n) is 1.85. The minimum absolute atomic E-state index is 0.0983. The number of nitrogens with one attached hydrogen (secondary N) is 1. The predicted molar refractivity (Wildman–Crippen MR) is 74.2 cm³/mol. The number of carbonyl (C=O) groups is 2. The van der Waals surface area contributed by atoms with Gasteiger partial charge in [0, 0.05) is 12.8 Å². The summed E-state index contributed by atoms with van der Waals surface area (Å²) in [5.74, 6) is -0.934. The van der Waals surface area contributed by atoms with Crippen molar-refractivity contribution in [2.45, 2.75) is 26.1 Å². The highest BCUT2D eigenvalue weighted by atomic mass is 19.3. The summed E-state index contributed by atoms with van der Waals surface area (Å²) in [6.07, 6.45) is 0.372. The predicted octanol–water partition coefficient (Wildman–Crippen LogP) is 1.61. The Labute approximate surface area is 130 Å². The maximum absolute atomic E-state index is 12.2. The molecule has 1 amide bonds. The third-order valence-electron chi connectivity index (χ3n) is 2.95. The van der Waals surface area contributed by atoms with E-state index in [-0.39, 0.29) is 42.6 Å². The number of amides is 1. The zero-order valence-corrected chi connectivity index (χ0v) is 12.2. The van der Waals surface area contributed by atoms with Crippen molar-refractivity contribution in [1.29, 1.82) is 0 Å². The van der Waals surface area contributed by atoms with Gasteiger partial charge in [-0.25, -0.2) is 10.2 Å². The van der Waals surface area contributed by atoms with Crippen LogP contribution >= 0.6 is 0 Å². The number of hydrogen-bond acceptors (Lipinski definition) is 6. The van der Waals surface area contributed by atoms with Crippen LogP contribution in [-0.4, -0.2) is 31.3 Å². The molecule has 1 aliphatic heterocycles. The van der Waals surface area contributed by atoms with Crippen LogP contribution in [0.1, 0.15) is 18.4 Å². The summed E-state index contributed by atoms with van der Waals surface area (Å²) in [7, 11) is 1.31. The molecular weight excluding hydrogens is 314 g/mol. The second kappa shape index (κ2) is 7.52. The molecule has 1 aromatic rings. The average Bonchev–Trinajstić information content (AvgIpc) is 2.53. The summed E-state index contributed by atoms with van der Waals surface area (Å²) in [6, 6.07) is 4.19. The van der Waals surface area contributed by atoms with Crippen molar-refractivity contribution >= 4 is 17.6 Å². The number of methoxy groups -OCH3 is 1. The second-order valence-corrected chi connectivity index (χ2v) is 4.53. The summed E-state index contributed by atoms with van der Waals surface area (Å²) in [6.45, 7) is -3.07. The monoisotopic (exact) mass is 328 g/mol. The number of rotatable bonds is 6. The van der Waals surface area contributed by atoms with Crippen LogP contribution in [0.25, 0.3) is 0 Å². The van der Waals surface area contributed by atoms with E-state index >= 15 is 0 Å². The van der Waals surface area contributed by atoms with E-state index in [9.17, 15) is 18.4 Å². The van der Waals surface area contributed by atoms with Crippen molar-refractivity contribution in [3.8, 4) is 11.5 Å². The molecule has 23 heavy (non-hydrogen) atoms. The van der Waals surface area contributed by atoms with E-state index in [0.717, 1.165) is 0 Å². The van der Waals surface area contributed by atoms with Crippen molar-refractivity contribution in [3.63, 3.8) is 0 Å². The Kier molecular flexibility index (Phi) is 5.45. The van der Waals surface area contributed by atoms with Crippen LogP contribution in [-0.2, 0) is 20.9 Å². The topological polar surface area (TPSA) is 86.2 Å². The summed E-state index contributed by atoms with van der Waals surface area (Å²) in [4.78, 5) is 22.7. The molecule has 0 unspecified atom stereocenters. The number of hydrogen-bond donors (Lipinski definition) is 1. The van der Waals surface area contributed by atoms with Gasteiger partial charge < -0.3 is 14.2 Å². The van der Waals surface area contributed by atoms with Crippen molar-refractivity contribution in [2.24, 2.45) is 5.10 Å². The maximum atomic E-state index is 12.2. The van der Waals surface area contributed by atoms with E-state index in [2.05, 4.69) is 15.3 Å². The van der Waals surface area contributed by atoms with Gasteiger partial charge in [-0.2, -0.15) is 13.9 Å². The number of esters is 1. The molecule has 0 saturated heterocycles. The third kappa shape index (κ3) is 4.63. The Morgan fingerprint density at radius 1 is 1.35 bits per heavy atom. The molecule has 0 aliphatic carbocycles. The minimum atomic E-state index is -2.97. The van der Waals surface area contributed by atoms with E-state index in [0.29, 0.717) is 5.56 Å². The van der Waals surface area contributed by atoms with Gasteiger partial charge in [-0.3, -0.25) is 4.79 Å². The van der Waals surface area contributed by atoms with Crippen molar-refractivity contribution in [1.82, 2.24) is 5.43 Å². The van der Waals surface area contributed by atoms with E-state index in [1.807, 2.05) is 0 Å². The number of benzene rings is 1. The highest BCUT2D eigenvalue weighted by Crippen LogP contribution is 2.29. The average molecular weight is 328 g/mol. The molecule has 0 saturated carbocycles. The van der Waals surface area contributed by atoms with Crippen LogP contribution < -0.4 is 14.9 Å². The van der Waals surface area contributed by atoms with E-state index in [1.165, 1.54) is 25.3 Å². The fraction of sp³-hybridized carbons (Fsp3) is 0.357. The molecule has 1 heterocycles. The fourth-order valence-corrected chi connectivity index (χ4v) is 1.85. The minimum Gasteiger partial charge on any atom is -0.493 e. The Morgan fingerprint density at radius 2 is 2.13 bits per heavy atom. The van der Waals surface area contributed by atoms with Gasteiger partial charge in [0.1, 0.15) is 12.3 Å². The normalized spacial score (nSPS) is 14.1. The van der Waals surface area contributed by atoms with Crippen LogP contribution in [0, 0.1) is 0 Å². The third-order valence-corrected chi connectivity index (χ3v) is 2.95. The zero-order chi connectivity index (χ0) is 16.8. The molecule has 124 valence electrons. The lowest BCUT2D eigenvalue weighted by Crippen LogP contribution is -2.30. The summed E-state index contributed by atoms with van der Waals surface area (Å²) in [5.41, 5.74) is 2.84. The van der Waals surface area contributed by atoms with Gasteiger partial charge in [0.15, 0.2) is 11.5 Å². The van der Waals surface area contributed by atoms with Crippen LogP contribution in [0.3, 0.4) is 0 Å². The van der Waals surface area contributed by atoms with E-state index in [4.69, 9.17) is 9.47 Å². The van der Waals surface area contributed by atoms with Gasteiger partial charge in [0.25, 0.3) is 0 Å². The first-order chi connectivity index (χ1) is 11.0. The van der Waals surface area contributed by atoms with Crippen molar-refractivity contribution in [3.05, 3.63) is 23.8 Å². The smallest absolute Gasteiger partial charge is 0.387 e. The lowest BCUT2D eigenvalue weighted by atomic mass is 10.2. The maximum Gasteiger partial charge on any atom is 0.387 e. The lowest BCUT2D eigenvalue weighted by molar-refractivity contribution is -0.137. The summed E-state index contributed by atoms with van der Waals surface area (Å²) < 4.78 is 38.8. The van der Waals surface area contributed by atoms with Crippen LogP contribution in [0.5, 0.6) is 11.5 Å². The van der Waals surface area contributed by atoms with Gasteiger partial charge >= 0.3 is 12.6 Å². The zero-order valence-electron chi connectivity index (χ0n) is 12.2. The SMILES string of the molecule is COc1cc(COC(=O)C2=NNC(=O)CC2)ccc1OC(F)F. The van der Waals surface area contributed by atoms with Gasteiger partial charge in [0.05, 0.1) is 7.11 Å². The molecule has 0 atom stereocenters. The number of carbonyl (C=O) groups excluding carboxylic acids is 2. The first-order valence-electron chi connectivity index (χ1n) is 6.64. The van der Waals surface area contributed by atoms with Crippen LogP contribution in [0.4, 0.5) is 8.78 Å². The van der Waals surface area contributed by atoms with Crippen molar-refractivity contribution in [2.75, 3.05) is 7.11 Å². The van der Waals surface area contributed by atoms with E-state index < -0.39 is 12.6 Å². The van der Waals surface area contributed by atoms with Gasteiger partial charge in [0.2, 0.25) is 5.91 Å². The molecule has 1 N–H and O–H groups in total. The molecule has 0 spiro atoms. The molecule has 9 heteroatoms. The molecule has 7 nitrogen and oxygen atoms in total. The largest absolute Gasteiger partial charge is 0.493 e. The molecule has 0 fully saturated rings. The molecule has 0 bridgehead atoms. The number of hydrazone groups is 1. The number of halogens is 2. The highest BCUT2D eigenvalue weighted by molar-refractivity contribution is 6.37. The molecular formula is C14H14F2N2O5. The van der Waals surface area contributed by atoms with Gasteiger partial charge in [-0.05, 0) is 17.7 Å². The molecule has 1 aliphatic rings. The Hall–Kier alpha value is -2.71. The number of nitrogens with zero attached hydrogens (tertiary/aromatic N) is 1. The first kappa shape index (κ1) is 16.7. The quantitative estimate of drug-likeness (QED) is 0.802. The molecule has 0 radical (unpaired) electrons. The summed E-state index contributed by atoms with van der Waals surface area (Å²) in [5, 5.41) is 3.62. The second-order valence-electron chi connectivity index (χ2n) is 4.53.